The molecule has 7 heteroatoms. The topological polar surface area (TPSA) is 92.8 Å². The Morgan fingerprint density at radius 2 is 1.72 bits per heavy atom. The second-order valence-electron chi connectivity index (χ2n) is 6.51. The van der Waals surface area contributed by atoms with Crippen LogP contribution in [0.2, 0.25) is 0 Å². The van der Waals surface area contributed by atoms with E-state index in [-0.39, 0.29) is 29.4 Å². The van der Waals surface area contributed by atoms with Gasteiger partial charge in [-0.05, 0) is 31.9 Å². The van der Waals surface area contributed by atoms with E-state index in [2.05, 4.69) is 5.32 Å². The summed E-state index contributed by atoms with van der Waals surface area (Å²) >= 11 is 0. The predicted octanol–water partition coefficient (Wildman–Crippen LogP) is 1.83. The number of rotatable bonds is 5. The van der Waals surface area contributed by atoms with Crippen molar-refractivity contribution >= 4 is 23.7 Å². The highest BCUT2D eigenvalue weighted by Crippen LogP contribution is 2.25. The second kappa shape index (κ2) is 7.04. The van der Waals surface area contributed by atoms with Crippen LogP contribution in [-0.4, -0.2) is 34.8 Å². The molecule has 1 aromatic rings. The molecule has 1 fully saturated rings. The first-order valence-electron chi connectivity index (χ1n) is 8.46. The lowest BCUT2D eigenvalue weighted by Crippen LogP contribution is -2.39. The second-order valence-corrected chi connectivity index (χ2v) is 6.51. The molecule has 1 aliphatic heterocycles. The SMILES string of the molecule is CC(CC(=O)ON1C(=O)c2ccccc2C1=O)NC(=O)C1CCCC1. The molecule has 1 heterocycles. The number of hydrogen-bond acceptors (Lipinski definition) is 5. The molecule has 132 valence electrons. The zero-order valence-electron chi connectivity index (χ0n) is 14.0. The highest BCUT2D eigenvalue weighted by atomic mass is 16.7. The first kappa shape index (κ1) is 17.1. The Morgan fingerprint density at radius 3 is 2.28 bits per heavy atom. The Hall–Kier alpha value is -2.70. The van der Waals surface area contributed by atoms with Crippen LogP contribution in [0.3, 0.4) is 0 Å². The molecule has 1 aromatic carbocycles. The van der Waals surface area contributed by atoms with Crippen LogP contribution in [0.25, 0.3) is 0 Å². The van der Waals surface area contributed by atoms with Gasteiger partial charge in [0.2, 0.25) is 5.91 Å². The fourth-order valence-electron chi connectivity index (χ4n) is 3.24. The van der Waals surface area contributed by atoms with Crippen LogP contribution in [0.4, 0.5) is 0 Å². The van der Waals surface area contributed by atoms with Gasteiger partial charge in [0.1, 0.15) is 0 Å². The average Bonchev–Trinajstić information content (AvgIpc) is 3.19. The van der Waals surface area contributed by atoms with E-state index in [9.17, 15) is 19.2 Å². The van der Waals surface area contributed by atoms with Crippen LogP contribution in [0.15, 0.2) is 24.3 Å². The highest BCUT2D eigenvalue weighted by molar-refractivity contribution is 6.20. The summed E-state index contributed by atoms with van der Waals surface area (Å²) in [4.78, 5) is 53.3. The number of fused-ring (bicyclic) bond motifs is 1. The molecule has 7 nitrogen and oxygen atoms in total. The van der Waals surface area contributed by atoms with Gasteiger partial charge in [-0.25, -0.2) is 4.79 Å². The largest absolute Gasteiger partial charge is 0.353 e. The standard InChI is InChI=1S/C18H20N2O5/c1-11(19-16(22)12-6-2-3-7-12)10-15(21)25-20-17(23)13-8-4-5-9-14(13)18(20)24/h4-5,8-9,11-12H,2-3,6-7,10H2,1H3,(H,19,22). The van der Waals surface area contributed by atoms with E-state index in [0.29, 0.717) is 5.06 Å². The summed E-state index contributed by atoms with van der Waals surface area (Å²) in [6.07, 6.45) is 3.73. The lowest BCUT2D eigenvalue weighted by atomic mass is 10.1. The zero-order valence-corrected chi connectivity index (χ0v) is 14.0. The number of imide groups is 1. The van der Waals surface area contributed by atoms with E-state index >= 15 is 0 Å². The van der Waals surface area contributed by atoms with Crippen LogP contribution in [0.5, 0.6) is 0 Å². The molecule has 1 atom stereocenters. The number of hydroxylamine groups is 2. The van der Waals surface area contributed by atoms with E-state index in [1.165, 1.54) is 12.1 Å². The molecule has 1 saturated carbocycles. The monoisotopic (exact) mass is 344 g/mol. The van der Waals surface area contributed by atoms with Crippen molar-refractivity contribution in [1.29, 1.82) is 0 Å². The van der Waals surface area contributed by atoms with Crippen molar-refractivity contribution in [2.45, 2.75) is 45.1 Å². The van der Waals surface area contributed by atoms with Crippen LogP contribution >= 0.6 is 0 Å². The van der Waals surface area contributed by atoms with Crippen molar-refractivity contribution < 1.29 is 24.0 Å². The maximum Gasteiger partial charge on any atom is 0.335 e. The fourth-order valence-corrected chi connectivity index (χ4v) is 3.24. The van der Waals surface area contributed by atoms with E-state index in [1.54, 1.807) is 19.1 Å². The van der Waals surface area contributed by atoms with Crippen molar-refractivity contribution in [2.75, 3.05) is 0 Å². The molecule has 2 aliphatic rings. The third-order valence-corrected chi connectivity index (χ3v) is 4.54. The minimum atomic E-state index is -0.742. The first-order chi connectivity index (χ1) is 12.0. The Balaban J connectivity index is 1.53. The van der Waals surface area contributed by atoms with Gasteiger partial charge in [-0.2, -0.15) is 0 Å². The van der Waals surface area contributed by atoms with Crippen molar-refractivity contribution in [3.63, 3.8) is 0 Å². The number of amides is 3. The third-order valence-electron chi connectivity index (χ3n) is 4.54. The zero-order chi connectivity index (χ0) is 18.0. The maximum atomic E-state index is 12.1. The van der Waals surface area contributed by atoms with Gasteiger partial charge < -0.3 is 10.2 Å². The number of hydrogen-bond donors (Lipinski definition) is 1. The number of carbonyl (C=O) groups is 4. The summed E-state index contributed by atoms with van der Waals surface area (Å²) in [5, 5.41) is 3.27. The molecule has 1 unspecified atom stereocenters. The van der Waals surface area contributed by atoms with E-state index in [0.717, 1.165) is 25.7 Å². The number of benzene rings is 1. The Kier molecular flexibility index (Phi) is 4.83. The molecular formula is C18H20N2O5. The van der Waals surface area contributed by atoms with Gasteiger partial charge in [-0.1, -0.05) is 30.0 Å². The molecule has 0 radical (unpaired) electrons. The predicted molar refractivity (Wildman–Crippen MR) is 87.2 cm³/mol. The van der Waals surface area contributed by atoms with Gasteiger partial charge in [0, 0.05) is 12.0 Å². The normalized spacial score (nSPS) is 18.2. The Morgan fingerprint density at radius 1 is 1.16 bits per heavy atom. The van der Waals surface area contributed by atoms with Crippen molar-refractivity contribution in [3.8, 4) is 0 Å². The number of nitrogens with one attached hydrogen (secondary N) is 1. The van der Waals surface area contributed by atoms with Crippen LogP contribution < -0.4 is 5.32 Å². The molecule has 0 aromatic heterocycles. The van der Waals surface area contributed by atoms with Crippen LogP contribution in [0.1, 0.15) is 59.7 Å². The van der Waals surface area contributed by atoms with Crippen molar-refractivity contribution in [3.05, 3.63) is 35.4 Å². The Bertz CT molecular complexity index is 689. The van der Waals surface area contributed by atoms with Crippen LogP contribution in [0, 0.1) is 5.92 Å². The van der Waals surface area contributed by atoms with Gasteiger partial charge in [-0.3, -0.25) is 14.4 Å². The molecule has 25 heavy (non-hydrogen) atoms. The van der Waals surface area contributed by atoms with E-state index in [1.807, 2.05) is 0 Å². The third kappa shape index (κ3) is 3.55. The van der Waals surface area contributed by atoms with Gasteiger partial charge in [0.25, 0.3) is 11.8 Å². The molecule has 0 saturated heterocycles. The lowest BCUT2D eigenvalue weighted by Gasteiger charge is -2.18. The van der Waals surface area contributed by atoms with Gasteiger partial charge in [0.15, 0.2) is 0 Å². The summed E-state index contributed by atoms with van der Waals surface area (Å²) in [6, 6.07) is 5.85. The maximum absolute atomic E-state index is 12.1. The van der Waals surface area contributed by atoms with E-state index in [4.69, 9.17) is 4.84 Å². The van der Waals surface area contributed by atoms with E-state index < -0.39 is 23.8 Å². The van der Waals surface area contributed by atoms with Gasteiger partial charge in [0.05, 0.1) is 17.5 Å². The first-order valence-corrected chi connectivity index (χ1v) is 8.46. The highest BCUT2D eigenvalue weighted by Gasteiger charge is 2.38. The summed E-state index contributed by atoms with van der Waals surface area (Å²) in [6.45, 7) is 1.69. The minimum absolute atomic E-state index is 0.00899. The van der Waals surface area contributed by atoms with Crippen molar-refractivity contribution in [1.82, 2.24) is 10.4 Å². The average molecular weight is 344 g/mol. The molecule has 1 N–H and O–H groups in total. The summed E-state index contributed by atoms with van der Waals surface area (Å²) in [7, 11) is 0. The fraction of sp³-hybridized carbons (Fsp3) is 0.444. The smallest absolute Gasteiger partial charge is 0.335 e. The number of carbonyl (C=O) groups excluding carboxylic acids is 4. The summed E-state index contributed by atoms with van der Waals surface area (Å²) in [5.41, 5.74) is 0.422. The lowest BCUT2D eigenvalue weighted by molar-refractivity contribution is -0.169. The molecule has 3 amide bonds. The minimum Gasteiger partial charge on any atom is -0.353 e. The molecule has 0 spiro atoms. The quantitative estimate of drug-likeness (QED) is 0.823. The Labute approximate surface area is 145 Å². The molecule has 0 bridgehead atoms. The van der Waals surface area contributed by atoms with Gasteiger partial charge in [-0.15, -0.1) is 0 Å². The summed E-state index contributed by atoms with van der Waals surface area (Å²) in [5.74, 6) is -2.10. The number of nitrogens with zero attached hydrogens (tertiary/aromatic N) is 1. The molecular weight excluding hydrogens is 324 g/mol. The molecule has 1 aliphatic carbocycles. The van der Waals surface area contributed by atoms with Gasteiger partial charge >= 0.3 is 5.97 Å². The van der Waals surface area contributed by atoms with Crippen molar-refractivity contribution in [2.24, 2.45) is 5.92 Å². The van der Waals surface area contributed by atoms with Crippen LogP contribution in [-0.2, 0) is 14.4 Å². The molecule has 3 rings (SSSR count). The summed E-state index contributed by atoms with van der Waals surface area (Å²) < 4.78 is 0.